The molecule has 2 N–H and O–H groups in total. The van der Waals surface area contributed by atoms with Crippen molar-refractivity contribution in [2.45, 2.75) is 52.3 Å². The molecular formula is C24H31N3O3. The van der Waals surface area contributed by atoms with E-state index < -0.39 is 11.7 Å². The molecule has 6 nitrogen and oxygen atoms in total. The summed E-state index contributed by atoms with van der Waals surface area (Å²) in [7, 11) is 0. The van der Waals surface area contributed by atoms with Crippen LogP contribution in [0.5, 0.6) is 0 Å². The van der Waals surface area contributed by atoms with E-state index in [2.05, 4.69) is 27.7 Å². The fraction of sp³-hybridized carbons (Fsp3) is 0.417. The minimum absolute atomic E-state index is 0.182. The first-order valence-corrected chi connectivity index (χ1v) is 10.5. The maximum absolute atomic E-state index is 12.7. The van der Waals surface area contributed by atoms with E-state index in [0.717, 1.165) is 25.2 Å². The molecule has 0 saturated carbocycles. The van der Waals surface area contributed by atoms with Crippen molar-refractivity contribution in [3.8, 4) is 0 Å². The van der Waals surface area contributed by atoms with Gasteiger partial charge in [0.2, 0.25) is 0 Å². The van der Waals surface area contributed by atoms with Gasteiger partial charge in [0, 0.05) is 24.3 Å². The molecule has 2 aromatic rings. The van der Waals surface area contributed by atoms with E-state index in [0.29, 0.717) is 17.8 Å². The molecule has 0 unspecified atom stereocenters. The van der Waals surface area contributed by atoms with Gasteiger partial charge in [-0.25, -0.2) is 4.79 Å². The molecule has 2 aromatic carbocycles. The van der Waals surface area contributed by atoms with E-state index in [1.807, 2.05) is 12.1 Å². The van der Waals surface area contributed by atoms with Crippen LogP contribution >= 0.6 is 0 Å². The third-order valence-corrected chi connectivity index (χ3v) is 4.92. The number of hydrogen-bond acceptors (Lipinski definition) is 4. The van der Waals surface area contributed by atoms with E-state index in [4.69, 9.17) is 4.74 Å². The first-order valence-electron chi connectivity index (χ1n) is 10.5. The van der Waals surface area contributed by atoms with E-state index in [-0.39, 0.29) is 5.91 Å². The number of amides is 2. The fourth-order valence-corrected chi connectivity index (χ4v) is 3.50. The monoisotopic (exact) mass is 409 g/mol. The van der Waals surface area contributed by atoms with Gasteiger partial charge < -0.3 is 10.1 Å². The normalized spacial score (nSPS) is 14.4. The predicted octanol–water partition coefficient (Wildman–Crippen LogP) is 4.56. The SMILES string of the molecule is CC(C)(C)OC(=O)Nc1cccc(C(=O)NCc2ccccc2CN2CCCC2)c1. The van der Waals surface area contributed by atoms with Crippen LogP contribution in [0.3, 0.4) is 0 Å². The maximum atomic E-state index is 12.7. The van der Waals surface area contributed by atoms with Gasteiger partial charge in [0.15, 0.2) is 0 Å². The molecule has 30 heavy (non-hydrogen) atoms. The highest BCUT2D eigenvalue weighted by Gasteiger charge is 2.17. The number of rotatable bonds is 6. The predicted molar refractivity (Wildman–Crippen MR) is 118 cm³/mol. The molecule has 0 aliphatic carbocycles. The smallest absolute Gasteiger partial charge is 0.412 e. The molecule has 160 valence electrons. The largest absolute Gasteiger partial charge is 0.444 e. The van der Waals surface area contributed by atoms with Gasteiger partial charge in [-0.05, 0) is 76.0 Å². The van der Waals surface area contributed by atoms with E-state index in [9.17, 15) is 9.59 Å². The third kappa shape index (κ3) is 6.59. The number of benzene rings is 2. The van der Waals surface area contributed by atoms with Gasteiger partial charge in [-0.15, -0.1) is 0 Å². The number of anilines is 1. The van der Waals surface area contributed by atoms with Crippen LogP contribution in [0.4, 0.5) is 10.5 Å². The van der Waals surface area contributed by atoms with E-state index >= 15 is 0 Å². The lowest BCUT2D eigenvalue weighted by molar-refractivity contribution is 0.0635. The van der Waals surface area contributed by atoms with Gasteiger partial charge in [-0.1, -0.05) is 30.3 Å². The number of ether oxygens (including phenoxy) is 1. The van der Waals surface area contributed by atoms with Gasteiger partial charge >= 0.3 is 6.09 Å². The number of carbonyl (C=O) groups excluding carboxylic acids is 2. The summed E-state index contributed by atoms with van der Waals surface area (Å²) < 4.78 is 5.26. The Hall–Kier alpha value is -2.86. The van der Waals surface area contributed by atoms with Gasteiger partial charge in [0.1, 0.15) is 5.60 Å². The Morgan fingerprint density at radius 1 is 1.00 bits per heavy atom. The summed E-state index contributed by atoms with van der Waals surface area (Å²) in [5.74, 6) is -0.182. The van der Waals surface area contributed by atoms with E-state index in [1.165, 1.54) is 18.4 Å². The lowest BCUT2D eigenvalue weighted by Gasteiger charge is -2.19. The lowest BCUT2D eigenvalue weighted by atomic mass is 10.1. The zero-order chi connectivity index (χ0) is 21.6. The van der Waals surface area contributed by atoms with Crippen molar-refractivity contribution in [1.82, 2.24) is 10.2 Å². The first-order chi connectivity index (χ1) is 14.3. The summed E-state index contributed by atoms with van der Waals surface area (Å²) in [6.07, 6.45) is 1.97. The summed E-state index contributed by atoms with van der Waals surface area (Å²) in [5, 5.41) is 5.67. The molecule has 2 amide bonds. The Balaban J connectivity index is 1.60. The van der Waals surface area contributed by atoms with Crippen LogP contribution < -0.4 is 10.6 Å². The van der Waals surface area contributed by atoms with Crippen molar-refractivity contribution in [2.24, 2.45) is 0 Å². The zero-order valence-electron chi connectivity index (χ0n) is 18.0. The number of carbonyl (C=O) groups is 2. The second-order valence-electron chi connectivity index (χ2n) is 8.64. The van der Waals surface area contributed by atoms with Crippen LogP contribution in [0.1, 0.15) is 55.1 Å². The van der Waals surface area contributed by atoms with Crippen LogP contribution in [0.25, 0.3) is 0 Å². The van der Waals surface area contributed by atoms with Crippen molar-refractivity contribution >= 4 is 17.7 Å². The van der Waals surface area contributed by atoms with Gasteiger partial charge in [0.25, 0.3) is 5.91 Å². The Morgan fingerprint density at radius 2 is 1.70 bits per heavy atom. The molecule has 0 bridgehead atoms. The maximum Gasteiger partial charge on any atom is 0.412 e. The van der Waals surface area contributed by atoms with Crippen molar-refractivity contribution in [2.75, 3.05) is 18.4 Å². The molecule has 0 atom stereocenters. The standard InChI is InChI=1S/C24H31N3O3/c1-24(2,3)30-23(29)26-21-12-8-11-18(15-21)22(28)25-16-19-9-4-5-10-20(19)17-27-13-6-7-14-27/h4-5,8-12,15H,6-7,13-14,16-17H2,1-3H3,(H,25,28)(H,26,29). The topological polar surface area (TPSA) is 70.7 Å². The van der Waals surface area contributed by atoms with E-state index in [1.54, 1.807) is 45.0 Å². The molecule has 0 spiro atoms. The molecule has 1 heterocycles. The molecule has 6 heteroatoms. The zero-order valence-corrected chi connectivity index (χ0v) is 18.0. The molecule has 1 saturated heterocycles. The van der Waals surface area contributed by atoms with Crippen LogP contribution in [-0.2, 0) is 17.8 Å². The molecule has 1 aliphatic heterocycles. The van der Waals surface area contributed by atoms with Gasteiger partial charge in [-0.3, -0.25) is 15.0 Å². The van der Waals surface area contributed by atoms with Crippen molar-refractivity contribution in [3.63, 3.8) is 0 Å². The van der Waals surface area contributed by atoms with Crippen molar-refractivity contribution in [1.29, 1.82) is 0 Å². The summed E-state index contributed by atoms with van der Waals surface area (Å²) in [4.78, 5) is 27.1. The quantitative estimate of drug-likeness (QED) is 0.734. The second kappa shape index (κ2) is 9.76. The Morgan fingerprint density at radius 3 is 2.40 bits per heavy atom. The summed E-state index contributed by atoms with van der Waals surface area (Å²) in [6, 6.07) is 15.1. The number of nitrogens with zero attached hydrogens (tertiary/aromatic N) is 1. The molecule has 1 fully saturated rings. The summed E-state index contributed by atoms with van der Waals surface area (Å²) >= 11 is 0. The Labute approximate surface area is 178 Å². The van der Waals surface area contributed by atoms with Gasteiger partial charge in [0.05, 0.1) is 0 Å². The highest BCUT2D eigenvalue weighted by molar-refractivity contribution is 5.96. The Kier molecular flexibility index (Phi) is 7.11. The fourth-order valence-electron chi connectivity index (χ4n) is 3.50. The minimum Gasteiger partial charge on any atom is -0.444 e. The highest BCUT2D eigenvalue weighted by Crippen LogP contribution is 2.17. The van der Waals surface area contributed by atoms with Gasteiger partial charge in [-0.2, -0.15) is 0 Å². The van der Waals surface area contributed by atoms with Crippen LogP contribution in [0, 0.1) is 0 Å². The average molecular weight is 410 g/mol. The van der Waals surface area contributed by atoms with Crippen LogP contribution in [-0.4, -0.2) is 35.6 Å². The molecule has 0 aromatic heterocycles. The molecule has 3 rings (SSSR count). The molecular weight excluding hydrogens is 378 g/mol. The minimum atomic E-state index is -0.582. The number of hydrogen-bond donors (Lipinski definition) is 2. The van der Waals surface area contributed by atoms with Crippen LogP contribution in [0.15, 0.2) is 48.5 Å². The summed E-state index contributed by atoms with van der Waals surface area (Å²) in [5.41, 5.74) is 2.80. The van der Waals surface area contributed by atoms with Crippen LogP contribution in [0.2, 0.25) is 0 Å². The first kappa shape index (κ1) is 21.8. The molecule has 1 aliphatic rings. The summed E-state index contributed by atoms with van der Waals surface area (Å²) in [6.45, 7) is 9.07. The third-order valence-electron chi connectivity index (χ3n) is 4.92. The lowest BCUT2D eigenvalue weighted by Crippen LogP contribution is -2.27. The molecule has 0 radical (unpaired) electrons. The van der Waals surface area contributed by atoms with Crippen molar-refractivity contribution < 1.29 is 14.3 Å². The van der Waals surface area contributed by atoms with Crippen molar-refractivity contribution in [3.05, 3.63) is 65.2 Å². The average Bonchev–Trinajstić information content (AvgIpc) is 3.19. The Bertz CT molecular complexity index is 883. The number of nitrogens with one attached hydrogen (secondary N) is 2. The number of likely N-dealkylation sites (tertiary alicyclic amines) is 1. The highest BCUT2D eigenvalue weighted by atomic mass is 16.6. The second-order valence-corrected chi connectivity index (χ2v) is 8.64.